The van der Waals surface area contributed by atoms with Gasteiger partial charge in [0, 0.05) is 33.8 Å². The van der Waals surface area contributed by atoms with Crippen molar-refractivity contribution in [3.05, 3.63) is 48.5 Å². The zero-order valence-electron chi connectivity index (χ0n) is 17.7. The number of ether oxygens (including phenoxy) is 1. The average Bonchev–Trinajstić information content (AvgIpc) is 3.11. The molecular formula is C24H27BO4. The lowest BCUT2D eigenvalue weighted by Crippen LogP contribution is -2.44. The first-order valence-corrected chi connectivity index (χ1v) is 10.2. The maximum atomic E-state index is 6.46. The zero-order chi connectivity index (χ0) is 20.6. The van der Waals surface area contributed by atoms with Crippen LogP contribution in [-0.2, 0) is 9.31 Å². The quantitative estimate of drug-likeness (QED) is 0.381. The second-order valence-corrected chi connectivity index (χ2v) is 7.88. The molecule has 0 aliphatic carbocycles. The molecule has 0 spiro atoms. The number of rotatable bonds is 7. The predicted molar refractivity (Wildman–Crippen MR) is 120 cm³/mol. The van der Waals surface area contributed by atoms with Crippen LogP contribution in [0.25, 0.3) is 32.7 Å². The summed E-state index contributed by atoms with van der Waals surface area (Å²) < 4.78 is 24.4. The number of hydrogen-bond acceptors (Lipinski definition) is 4. The van der Waals surface area contributed by atoms with E-state index in [1.165, 1.54) is 0 Å². The number of furan rings is 1. The van der Waals surface area contributed by atoms with E-state index in [9.17, 15) is 0 Å². The first-order chi connectivity index (χ1) is 14.0. The molecule has 1 aromatic heterocycles. The Hall–Kier alpha value is -2.50. The van der Waals surface area contributed by atoms with Gasteiger partial charge in [0.1, 0.15) is 16.9 Å². The lowest BCUT2D eigenvalue weighted by Gasteiger charge is -2.28. The van der Waals surface area contributed by atoms with E-state index in [-0.39, 0.29) is 5.60 Å². The summed E-state index contributed by atoms with van der Waals surface area (Å²) in [7, 11) is 1.13. The van der Waals surface area contributed by atoms with E-state index in [1.54, 1.807) is 7.11 Å². The van der Waals surface area contributed by atoms with Crippen LogP contribution < -0.4 is 10.2 Å². The van der Waals surface area contributed by atoms with Crippen molar-refractivity contribution >= 4 is 45.3 Å². The van der Waals surface area contributed by atoms with Gasteiger partial charge in [0.2, 0.25) is 0 Å². The minimum Gasteiger partial charge on any atom is -0.497 e. The van der Waals surface area contributed by atoms with E-state index in [4.69, 9.17) is 18.5 Å². The van der Waals surface area contributed by atoms with Gasteiger partial charge in [-0.05, 0) is 50.8 Å². The Morgan fingerprint density at radius 3 is 2.45 bits per heavy atom. The summed E-state index contributed by atoms with van der Waals surface area (Å²) in [6, 6.07) is 16.5. The molecule has 1 heterocycles. The lowest BCUT2D eigenvalue weighted by molar-refractivity contribution is 0.0707. The van der Waals surface area contributed by atoms with Crippen LogP contribution in [0, 0.1) is 0 Å². The molecular weight excluding hydrogens is 363 g/mol. The molecule has 0 saturated carbocycles. The third-order valence-electron chi connectivity index (χ3n) is 5.55. The van der Waals surface area contributed by atoms with E-state index >= 15 is 0 Å². The van der Waals surface area contributed by atoms with E-state index in [2.05, 4.69) is 45.0 Å². The van der Waals surface area contributed by atoms with Crippen LogP contribution in [0.3, 0.4) is 0 Å². The molecule has 0 atom stereocenters. The summed E-state index contributed by atoms with van der Waals surface area (Å²) in [5, 5.41) is 4.30. The molecule has 0 aliphatic rings. The van der Waals surface area contributed by atoms with Gasteiger partial charge in [-0.2, -0.15) is 0 Å². The van der Waals surface area contributed by atoms with Gasteiger partial charge in [-0.3, -0.25) is 0 Å². The summed E-state index contributed by atoms with van der Waals surface area (Å²) in [6.45, 7) is 8.76. The Bertz CT molecular complexity index is 1160. The van der Waals surface area contributed by atoms with Crippen LogP contribution in [0.5, 0.6) is 5.75 Å². The molecule has 4 nitrogen and oxygen atoms in total. The topological polar surface area (TPSA) is 40.8 Å². The second-order valence-electron chi connectivity index (χ2n) is 7.88. The maximum absolute atomic E-state index is 6.46. The average molecular weight is 390 g/mol. The minimum absolute atomic E-state index is 0.325. The van der Waals surface area contributed by atoms with Gasteiger partial charge >= 0.3 is 7.12 Å². The van der Waals surface area contributed by atoms with Crippen molar-refractivity contribution in [3.8, 4) is 5.75 Å². The first-order valence-electron chi connectivity index (χ1n) is 10.2. The molecule has 29 heavy (non-hydrogen) atoms. The first kappa shape index (κ1) is 19.8. The maximum Gasteiger partial charge on any atom is 0.498 e. The molecule has 0 unspecified atom stereocenters. The van der Waals surface area contributed by atoms with Crippen LogP contribution in [0.4, 0.5) is 0 Å². The van der Waals surface area contributed by atoms with Crippen LogP contribution in [0.15, 0.2) is 52.9 Å². The Morgan fingerprint density at radius 2 is 1.72 bits per heavy atom. The van der Waals surface area contributed by atoms with E-state index in [1.807, 2.05) is 31.2 Å². The molecule has 4 rings (SSSR count). The van der Waals surface area contributed by atoms with Crippen molar-refractivity contribution < 1.29 is 18.5 Å². The van der Waals surface area contributed by atoms with Crippen molar-refractivity contribution in [2.45, 2.75) is 39.7 Å². The van der Waals surface area contributed by atoms with E-state index < -0.39 is 7.12 Å². The molecule has 3 aromatic carbocycles. The predicted octanol–water partition coefficient (Wildman–Crippen LogP) is 5.68. The van der Waals surface area contributed by atoms with Crippen molar-refractivity contribution in [1.82, 2.24) is 0 Å². The standard InChI is InChI=1S/C24H27BO4/c1-6-24(3,4)29-25(27-7-2)21-15-17(26-5)14-20-19-13-12-16-10-8-9-11-18(16)22(19)28-23(20)21/h8-15H,6-7H2,1-5H3. The van der Waals surface area contributed by atoms with E-state index in [0.29, 0.717) is 6.61 Å². The van der Waals surface area contributed by atoms with Crippen LogP contribution in [0.2, 0.25) is 0 Å². The summed E-state index contributed by atoms with van der Waals surface area (Å²) in [6.07, 6.45) is 0.869. The lowest BCUT2D eigenvalue weighted by atomic mass is 9.76. The van der Waals surface area contributed by atoms with E-state index in [0.717, 1.165) is 50.3 Å². The third-order valence-corrected chi connectivity index (χ3v) is 5.55. The van der Waals surface area contributed by atoms with Crippen molar-refractivity contribution in [2.24, 2.45) is 0 Å². The van der Waals surface area contributed by atoms with Gasteiger partial charge < -0.3 is 18.5 Å². The number of hydrogen-bond donors (Lipinski definition) is 0. The molecule has 0 radical (unpaired) electrons. The minimum atomic E-state index is -0.542. The van der Waals surface area contributed by atoms with Gasteiger partial charge in [0.05, 0.1) is 7.11 Å². The van der Waals surface area contributed by atoms with Gasteiger partial charge in [-0.25, -0.2) is 0 Å². The fourth-order valence-corrected chi connectivity index (χ4v) is 3.61. The number of fused-ring (bicyclic) bond motifs is 5. The molecule has 5 heteroatoms. The zero-order valence-corrected chi connectivity index (χ0v) is 17.7. The molecule has 0 fully saturated rings. The Morgan fingerprint density at radius 1 is 0.931 bits per heavy atom. The molecule has 4 aromatic rings. The smallest absolute Gasteiger partial charge is 0.497 e. The highest BCUT2D eigenvalue weighted by atomic mass is 16.6. The largest absolute Gasteiger partial charge is 0.498 e. The van der Waals surface area contributed by atoms with Gasteiger partial charge in [0.25, 0.3) is 0 Å². The van der Waals surface area contributed by atoms with Crippen molar-refractivity contribution in [3.63, 3.8) is 0 Å². The molecule has 150 valence electrons. The summed E-state index contributed by atoms with van der Waals surface area (Å²) in [5.41, 5.74) is 2.18. The fourth-order valence-electron chi connectivity index (χ4n) is 3.61. The molecule has 0 amide bonds. The third kappa shape index (κ3) is 3.61. The van der Waals surface area contributed by atoms with Gasteiger partial charge in [-0.15, -0.1) is 0 Å². The number of benzene rings is 3. The van der Waals surface area contributed by atoms with Crippen LogP contribution >= 0.6 is 0 Å². The van der Waals surface area contributed by atoms with Crippen molar-refractivity contribution in [1.29, 1.82) is 0 Å². The van der Waals surface area contributed by atoms with Gasteiger partial charge in [-0.1, -0.05) is 37.3 Å². The molecule has 0 N–H and O–H groups in total. The second kappa shape index (κ2) is 7.73. The fraction of sp³-hybridized carbons (Fsp3) is 0.333. The summed E-state index contributed by atoms with van der Waals surface area (Å²) in [4.78, 5) is 0. The Balaban J connectivity index is 2.00. The molecule has 0 saturated heterocycles. The number of methoxy groups -OCH3 is 1. The molecule has 0 aliphatic heterocycles. The van der Waals surface area contributed by atoms with Gasteiger partial charge in [0.15, 0.2) is 0 Å². The summed E-state index contributed by atoms with van der Waals surface area (Å²) in [5.74, 6) is 0.756. The SMILES string of the molecule is CCOB(OC(C)(C)CC)c1cc(OC)cc2c1oc1c3ccccc3ccc21. The monoisotopic (exact) mass is 390 g/mol. The Labute approximate surface area is 171 Å². The molecule has 0 bridgehead atoms. The van der Waals surface area contributed by atoms with Crippen LogP contribution in [0.1, 0.15) is 34.1 Å². The normalized spacial score (nSPS) is 12.2. The summed E-state index contributed by atoms with van der Waals surface area (Å²) >= 11 is 0. The highest BCUT2D eigenvalue weighted by molar-refractivity contribution is 6.64. The van der Waals surface area contributed by atoms with Crippen molar-refractivity contribution in [2.75, 3.05) is 13.7 Å². The highest BCUT2D eigenvalue weighted by Crippen LogP contribution is 2.35. The highest BCUT2D eigenvalue weighted by Gasteiger charge is 2.32. The van der Waals surface area contributed by atoms with Crippen LogP contribution in [-0.4, -0.2) is 26.4 Å². The Kier molecular flexibility index (Phi) is 5.28.